The minimum absolute atomic E-state index is 0.0302. The lowest BCUT2D eigenvalue weighted by Gasteiger charge is -2.41. The van der Waals surface area contributed by atoms with Gasteiger partial charge in [0.15, 0.2) is 0 Å². The Morgan fingerprint density at radius 1 is 0.587 bits per heavy atom. The molecule has 63 heavy (non-hydrogen) atoms. The predicted octanol–water partition coefficient (Wildman–Crippen LogP) is 15.4. The lowest BCUT2D eigenvalue weighted by atomic mass is 9.64. The summed E-state index contributed by atoms with van der Waals surface area (Å²) in [4.78, 5) is 0. The lowest BCUT2D eigenvalue weighted by Crippen LogP contribution is -2.40. The molecule has 0 nitrogen and oxygen atoms in total. The molecule has 6 aromatic rings. The highest BCUT2D eigenvalue weighted by molar-refractivity contribution is 6.97. The first-order chi connectivity index (χ1) is 30.5. The smallest absolute Gasteiger partial charge is 0.0839 e. The molecule has 2 unspecified atom stereocenters. The van der Waals surface area contributed by atoms with E-state index in [1.807, 2.05) is 0 Å². The Balaban J connectivity index is 1.10. The van der Waals surface area contributed by atoms with Gasteiger partial charge in [0.25, 0.3) is 0 Å². The van der Waals surface area contributed by atoms with E-state index in [-0.39, 0.29) is 16.7 Å². The van der Waals surface area contributed by atoms with Crippen LogP contribution in [0.15, 0.2) is 185 Å². The standard InChI is InChI=1S/C62H54Si/c1-61(2)53-23-12-9-19-43(53)45-29-27-39(33-55(45)61)59-48-31-26-38(42-22-15-17-37-16-7-8-18-41(37)42)32-50(48)60(40-28-30-46-44-20-10-13-24-54(44)62(3,4)56(46)34-40)52-36-58-49(35-51(52)59)47-21-11-14-25-57(47)63(58,5)6/h7-8,10-18,20-31,33-34,36,49-50H,9,19,32,35H2,1-6H3. The molecule has 0 spiro atoms. The zero-order chi connectivity index (χ0) is 42.6. The number of allylic oxidation sites excluding steroid dienone is 14. The van der Waals surface area contributed by atoms with Crippen molar-refractivity contribution in [1.29, 1.82) is 0 Å². The van der Waals surface area contributed by atoms with Crippen LogP contribution in [0.3, 0.4) is 0 Å². The van der Waals surface area contributed by atoms with Crippen LogP contribution in [-0.2, 0) is 10.8 Å². The minimum atomic E-state index is -1.94. The Morgan fingerprint density at radius 2 is 1.30 bits per heavy atom. The first-order valence-corrected chi connectivity index (χ1v) is 26.5. The summed E-state index contributed by atoms with van der Waals surface area (Å²) in [5.41, 5.74) is 26.3. The van der Waals surface area contributed by atoms with E-state index in [1.54, 1.807) is 27.1 Å². The summed E-state index contributed by atoms with van der Waals surface area (Å²) in [6.45, 7) is 15.0. The zero-order valence-electron chi connectivity index (χ0n) is 37.5. The molecule has 7 aliphatic rings. The first-order valence-electron chi connectivity index (χ1n) is 23.5. The Kier molecular flexibility index (Phi) is 7.76. The topological polar surface area (TPSA) is 0 Å². The molecule has 6 aromatic carbocycles. The highest BCUT2D eigenvalue weighted by Crippen LogP contribution is 2.60. The Morgan fingerprint density at radius 3 is 2.21 bits per heavy atom. The molecule has 0 saturated carbocycles. The molecule has 0 radical (unpaired) electrons. The van der Waals surface area contributed by atoms with Crippen LogP contribution in [0.4, 0.5) is 0 Å². The Labute approximate surface area is 374 Å². The van der Waals surface area contributed by atoms with E-state index in [9.17, 15) is 0 Å². The SMILES string of the molecule is CC1(C)C2=C(CCC=C2)c2ccc(C3=C4CC5C(=CC4=C(c4ccc6c(c4)C(C)(C)c4ccccc4-6)C4CC(c6cccc7ccccc67)=CC=C34)[Si](C)(C)c3ccccc35)cc21. The summed E-state index contributed by atoms with van der Waals surface area (Å²) in [6.07, 6.45) is 16.9. The third-order valence-electron chi connectivity index (χ3n) is 16.8. The second-order valence-electron chi connectivity index (χ2n) is 21.0. The van der Waals surface area contributed by atoms with Gasteiger partial charge in [0.1, 0.15) is 8.07 Å². The van der Waals surface area contributed by atoms with Crippen molar-refractivity contribution in [3.8, 4) is 11.1 Å². The van der Waals surface area contributed by atoms with Crippen molar-refractivity contribution < 1.29 is 0 Å². The molecule has 306 valence electrons. The van der Waals surface area contributed by atoms with Gasteiger partial charge in [-0.3, -0.25) is 0 Å². The molecule has 2 atom stereocenters. The summed E-state index contributed by atoms with van der Waals surface area (Å²) < 4.78 is 0. The molecule has 13 rings (SSSR count). The average molecular weight is 827 g/mol. The Bertz CT molecular complexity index is 3300. The van der Waals surface area contributed by atoms with Gasteiger partial charge in [0.05, 0.1) is 0 Å². The molecule has 0 amide bonds. The van der Waals surface area contributed by atoms with E-state index in [0.717, 1.165) is 25.7 Å². The lowest BCUT2D eigenvalue weighted by molar-refractivity contribution is 0.651. The average Bonchev–Trinajstić information content (AvgIpc) is 3.78. The second kappa shape index (κ2) is 13.0. The number of rotatable bonds is 3. The maximum atomic E-state index is 2.77. The summed E-state index contributed by atoms with van der Waals surface area (Å²) in [5.74, 6) is 0.610. The van der Waals surface area contributed by atoms with Crippen molar-refractivity contribution in [2.24, 2.45) is 5.92 Å². The maximum Gasteiger partial charge on any atom is 0.108 e. The van der Waals surface area contributed by atoms with Crippen molar-refractivity contribution in [2.75, 3.05) is 0 Å². The first kappa shape index (κ1) is 37.5. The fraction of sp³-hybridized carbons (Fsp3) is 0.226. The van der Waals surface area contributed by atoms with Gasteiger partial charge in [0.2, 0.25) is 0 Å². The van der Waals surface area contributed by atoms with Gasteiger partial charge >= 0.3 is 0 Å². The van der Waals surface area contributed by atoms with Crippen molar-refractivity contribution >= 4 is 46.3 Å². The highest BCUT2D eigenvalue weighted by Gasteiger charge is 2.48. The summed E-state index contributed by atoms with van der Waals surface area (Å²) in [7, 11) is -1.94. The molecular formula is C62H54Si. The highest BCUT2D eigenvalue weighted by atomic mass is 28.3. The largest absolute Gasteiger partial charge is 0.108 e. The number of benzene rings is 6. The van der Waals surface area contributed by atoms with Gasteiger partial charge in [-0.05, 0) is 149 Å². The van der Waals surface area contributed by atoms with Crippen molar-refractivity contribution in [3.05, 3.63) is 230 Å². The van der Waals surface area contributed by atoms with Gasteiger partial charge in [-0.25, -0.2) is 0 Å². The van der Waals surface area contributed by atoms with Crippen LogP contribution in [0.25, 0.3) is 44.2 Å². The molecule has 1 heteroatoms. The fourth-order valence-corrected chi connectivity index (χ4v) is 17.1. The molecule has 0 saturated heterocycles. The monoisotopic (exact) mass is 826 g/mol. The van der Waals surface area contributed by atoms with Crippen LogP contribution >= 0.6 is 0 Å². The van der Waals surface area contributed by atoms with Gasteiger partial charge in [-0.1, -0.05) is 197 Å². The second-order valence-corrected chi connectivity index (χ2v) is 25.4. The van der Waals surface area contributed by atoms with Crippen molar-refractivity contribution in [3.63, 3.8) is 0 Å². The van der Waals surface area contributed by atoms with E-state index in [4.69, 9.17) is 0 Å². The van der Waals surface area contributed by atoms with Crippen molar-refractivity contribution in [1.82, 2.24) is 0 Å². The van der Waals surface area contributed by atoms with E-state index in [1.165, 1.54) is 94.3 Å². The van der Waals surface area contributed by atoms with Gasteiger partial charge in [-0.15, -0.1) is 0 Å². The molecule has 1 aliphatic heterocycles. The van der Waals surface area contributed by atoms with Gasteiger partial charge in [-0.2, -0.15) is 0 Å². The van der Waals surface area contributed by atoms with Crippen LogP contribution in [-0.4, -0.2) is 8.07 Å². The van der Waals surface area contributed by atoms with E-state index in [2.05, 4.69) is 199 Å². The fourth-order valence-electron chi connectivity index (χ4n) is 13.7. The summed E-state index contributed by atoms with van der Waals surface area (Å²) in [6, 6.07) is 49.7. The van der Waals surface area contributed by atoms with E-state index in [0.29, 0.717) is 5.92 Å². The summed E-state index contributed by atoms with van der Waals surface area (Å²) in [5, 5.41) is 5.98. The van der Waals surface area contributed by atoms with Gasteiger partial charge in [0, 0.05) is 22.7 Å². The van der Waals surface area contributed by atoms with Crippen LogP contribution < -0.4 is 5.19 Å². The van der Waals surface area contributed by atoms with Crippen LogP contribution in [0, 0.1) is 5.92 Å². The number of fused-ring (bicyclic) bond motifs is 11. The Hall–Kier alpha value is -6.02. The normalized spacial score (nSPS) is 22.6. The molecular weight excluding hydrogens is 773 g/mol. The maximum absolute atomic E-state index is 2.77. The molecule has 0 fully saturated rings. The van der Waals surface area contributed by atoms with Gasteiger partial charge < -0.3 is 0 Å². The third-order valence-corrected chi connectivity index (χ3v) is 20.6. The van der Waals surface area contributed by atoms with Crippen molar-refractivity contribution in [2.45, 2.75) is 83.2 Å². The molecule has 1 heterocycles. The molecule has 0 bridgehead atoms. The minimum Gasteiger partial charge on any atom is -0.0839 e. The van der Waals surface area contributed by atoms with Crippen LogP contribution in [0.1, 0.15) is 104 Å². The predicted molar refractivity (Wildman–Crippen MR) is 270 cm³/mol. The van der Waals surface area contributed by atoms with E-state index < -0.39 is 8.07 Å². The molecule has 0 N–H and O–H groups in total. The van der Waals surface area contributed by atoms with Crippen LogP contribution in [0.5, 0.6) is 0 Å². The van der Waals surface area contributed by atoms with Crippen LogP contribution in [0.2, 0.25) is 13.1 Å². The quantitative estimate of drug-likeness (QED) is 0.156. The summed E-state index contributed by atoms with van der Waals surface area (Å²) >= 11 is 0. The third kappa shape index (κ3) is 5.09. The number of hydrogen-bond acceptors (Lipinski definition) is 0. The molecule has 6 aliphatic carbocycles. The van der Waals surface area contributed by atoms with E-state index >= 15 is 0 Å². The zero-order valence-corrected chi connectivity index (χ0v) is 38.5. The number of hydrogen-bond donors (Lipinski definition) is 0. The molecule has 0 aromatic heterocycles.